The number of carboxylic acids is 1. The molecule has 0 spiro atoms. The molecule has 2 fully saturated rings. The average molecular weight is 568 g/mol. The zero-order chi connectivity index (χ0) is 29.0. The zero-order valence-electron chi connectivity index (χ0n) is 23.7. The van der Waals surface area contributed by atoms with Gasteiger partial charge in [0.2, 0.25) is 0 Å². The molecule has 1 unspecified atom stereocenters. The number of amides is 1. The highest BCUT2D eigenvalue weighted by Crippen LogP contribution is 2.41. The van der Waals surface area contributed by atoms with Gasteiger partial charge in [-0.2, -0.15) is 5.10 Å². The second kappa shape index (κ2) is 10.5. The van der Waals surface area contributed by atoms with Crippen LogP contribution in [0.1, 0.15) is 78.3 Å². The SMILES string of the molecule is C[C@@H]1c2ccccc2CCN1C(=O)c1cc(C2CC2)n2nc(-c3ccc(N4CCCC(CC(=O)O)C4)cc3F)cc2n1. The summed E-state index contributed by atoms with van der Waals surface area (Å²) in [6.45, 7) is 4.08. The highest BCUT2D eigenvalue weighted by Gasteiger charge is 2.33. The minimum Gasteiger partial charge on any atom is -0.481 e. The van der Waals surface area contributed by atoms with E-state index < -0.39 is 5.97 Å². The van der Waals surface area contributed by atoms with Gasteiger partial charge in [0.1, 0.15) is 11.5 Å². The van der Waals surface area contributed by atoms with Crippen LogP contribution in [0, 0.1) is 11.7 Å². The van der Waals surface area contributed by atoms with Gasteiger partial charge in [-0.15, -0.1) is 0 Å². The number of halogens is 1. The Labute approximate surface area is 243 Å². The lowest BCUT2D eigenvalue weighted by atomic mass is 9.93. The molecule has 1 saturated carbocycles. The number of carbonyl (C=O) groups excluding carboxylic acids is 1. The first kappa shape index (κ1) is 26.6. The Hall–Kier alpha value is -4.27. The van der Waals surface area contributed by atoms with Crippen molar-refractivity contribution in [1.82, 2.24) is 19.5 Å². The first-order valence-corrected chi connectivity index (χ1v) is 14.9. The molecule has 2 atom stereocenters. The summed E-state index contributed by atoms with van der Waals surface area (Å²) in [5.41, 5.74) is 5.93. The summed E-state index contributed by atoms with van der Waals surface area (Å²) in [6, 6.07) is 17.0. The number of carbonyl (C=O) groups is 2. The van der Waals surface area contributed by atoms with E-state index in [1.165, 1.54) is 17.2 Å². The summed E-state index contributed by atoms with van der Waals surface area (Å²) in [4.78, 5) is 33.7. The van der Waals surface area contributed by atoms with Crippen LogP contribution in [0.25, 0.3) is 16.9 Å². The normalized spacial score (nSPS) is 20.5. The summed E-state index contributed by atoms with van der Waals surface area (Å²) < 4.78 is 17.3. The fourth-order valence-corrected chi connectivity index (χ4v) is 6.73. The molecule has 2 aliphatic heterocycles. The van der Waals surface area contributed by atoms with E-state index in [1.54, 1.807) is 16.6 Å². The van der Waals surface area contributed by atoms with Crippen molar-refractivity contribution < 1.29 is 19.1 Å². The van der Waals surface area contributed by atoms with Gasteiger partial charge in [0.05, 0.1) is 11.7 Å². The molecule has 9 heteroatoms. The fraction of sp³-hybridized carbons (Fsp3) is 0.394. The molecule has 1 aliphatic carbocycles. The number of hydrogen-bond acceptors (Lipinski definition) is 5. The number of fused-ring (bicyclic) bond motifs is 2. The van der Waals surface area contributed by atoms with Crippen LogP contribution in [0.3, 0.4) is 0 Å². The molecule has 42 heavy (non-hydrogen) atoms. The van der Waals surface area contributed by atoms with Crippen molar-refractivity contribution in [2.75, 3.05) is 24.5 Å². The number of nitrogens with zero attached hydrogens (tertiary/aromatic N) is 5. The molecule has 8 nitrogen and oxygen atoms in total. The van der Waals surface area contributed by atoms with E-state index >= 15 is 4.39 Å². The number of carboxylic acid groups (broad SMARTS) is 1. The fourth-order valence-electron chi connectivity index (χ4n) is 6.73. The quantitative estimate of drug-likeness (QED) is 0.314. The van der Waals surface area contributed by atoms with Gasteiger partial charge in [0.15, 0.2) is 5.65 Å². The number of benzene rings is 2. The second-order valence-corrected chi connectivity index (χ2v) is 12.0. The molecule has 4 heterocycles. The Kier molecular flexibility index (Phi) is 6.67. The molecule has 1 amide bonds. The molecule has 4 aromatic rings. The molecule has 2 aromatic carbocycles. The van der Waals surface area contributed by atoms with Gasteiger partial charge in [-0.3, -0.25) is 9.59 Å². The largest absolute Gasteiger partial charge is 0.481 e. The molecule has 0 bridgehead atoms. The first-order valence-electron chi connectivity index (χ1n) is 14.9. The van der Waals surface area contributed by atoms with E-state index in [2.05, 4.69) is 24.0 Å². The van der Waals surface area contributed by atoms with Gasteiger partial charge >= 0.3 is 5.97 Å². The van der Waals surface area contributed by atoms with Crippen LogP contribution < -0.4 is 4.90 Å². The average Bonchev–Trinajstić information content (AvgIpc) is 3.74. The van der Waals surface area contributed by atoms with Crippen LogP contribution in [0.4, 0.5) is 10.1 Å². The zero-order valence-corrected chi connectivity index (χ0v) is 23.7. The van der Waals surface area contributed by atoms with E-state index in [1.807, 2.05) is 29.2 Å². The molecule has 1 N–H and O–H groups in total. The molecule has 3 aliphatic rings. The van der Waals surface area contributed by atoms with Crippen LogP contribution >= 0.6 is 0 Å². The van der Waals surface area contributed by atoms with Gasteiger partial charge in [-0.1, -0.05) is 24.3 Å². The molecule has 216 valence electrons. The van der Waals surface area contributed by atoms with E-state index in [4.69, 9.17) is 10.1 Å². The number of anilines is 1. The van der Waals surface area contributed by atoms with Crippen molar-refractivity contribution in [1.29, 1.82) is 0 Å². The summed E-state index contributed by atoms with van der Waals surface area (Å²) >= 11 is 0. The summed E-state index contributed by atoms with van der Waals surface area (Å²) in [6.07, 6.45) is 4.74. The van der Waals surface area contributed by atoms with Crippen LogP contribution in [0.2, 0.25) is 0 Å². The summed E-state index contributed by atoms with van der Waals surface area (Å²) in [5.74, 6) is -0.915. The number of aliphatic carboxylic acids is 1. The maximum absolute atomic E-state index is 15.6. The van der Waals surface area contributed by atoms with Crippen LogP contribution in [-0.2, 0) is 11.2 Å². The first-order chi connectivity index (χ1) is 20.4. The van der Waals surface area contributed by atoms with Crippen LogP contribution in [0.15, 0.2) is 54.6 Å². The molecule has 7 rings (SSSR count). The van der Waals surface area contributed by atoms with E-state index in [0.29, 0.717) is 41.6 Å². The Morgan fingerprint density at radius 1 is 1.05 bits per heavy atom. The molecule has 2 aromatic heterocycles. The van der Waals surface area contributed by atoms with Gasteiger partial charge in [-0.25, -0.2) is 13.9 Å². The van der Waals surface area contributed by atoms with Crippen molar-refractivity contribution in [2.24, 2.45) is 5.92 Å². The predicted molar refractivity (Wildman–Crippen MR) is 157 cm³/mol. The third-order valence-corrected chi connectivity index (χ3v) is 9.10. The highest BCUT2D eigenvalue weighted by atomic mass is 19.1. The number of hydrogen-bond donors (Lipinski definition) is 1. The maximum Gasteiger partial charge on any atom is 0.303 e. The van der Waals surface area contributed by atoms with Gasteiger partial charge in [-0.05, 0) is 80.3 Å². The molecular weight excluding hydrogens is 533 g/mol. The highest BCUT2D eigenvalue weighted by molar-refractivity contribution is 5.93. The number of aromatic nitrogens is 3. The summed E-state index contributed by atoms with van der Waals surface area (Å²) in [7, 11) is 0. The minimum absolute atomic E-state index is 0.0442. The van der Waals surface area contributed by atoms with Gasteiger partial charge < -0.3 is 14.9 Å². The smallest absolute Gasteiger partial charge is 0.303 e. The van der Waals surface area contributed by atoms with Gasteiger partial charge in [0.25, 0.3) is 5.91 Å². The summed E-state index contributed by atoms with van der Waals surface area (Å²) in [5, 5.41) is 14.0. The minimum atomic E-state index is -0.796. The van der Waals surface area contributed by atoms with Crippen LogP contribution in [-0.4, -0.2) is 56.1 Å². The van der Waals surface area contributed by atoms with Crippen molar-refractivity contribution >= 4 is 23.2 Å². The van der Waals surface area contributed by atoms with Gasteiger partial charge in [0, 0.05) is 55.0 Å². The van der Waals surface area contributed by atoms with E-state index in [-0.39, 0.29) is 30.1 Å². The van der Waals surface area contributed by atoms with Crippen molar-refractivity contribution in [3.63, 3.8) is 0 Å². The van der Waals surface area contributed by atoms with E-state index in [9.17, 15) is 14.7 Å². The number of rotatable bonds is 6. The Bertz CT molecular complexity index is 1700. The van der Waals surface area contributed by atoms with Crippen molar-refractivity contribution in [2.45, 2.75) is 57.4 Å². The molecular formula is C33H34FN5O3. The lowest BCUT2D eigenvalue weighted by molar-refractivity contribution is -0.138. The Balaban J connectivity index is 1.18. The van der Waals surface area contributed by atoms with Crippen LogP contribution in [0.5, 0.6) is 0 Å². The third-order valence-electron chi connectivity index (χ3n) is 9.10. The lowest BCUT2D eigenvalue weighted by Gasteiger charge is -2.35. The van der Waals surface area contributed by atoms with Crippen molar-refractivity contribution in [3.05, 3.63) is 82.9 Å². The van der Waals surface area contributed by atoms with Crippen molar-refractivity contribution in [3.8, 4) is 11.3 Å². The Morgan fingerprint density at radius 2 is 1.88 bits per heavy atom. The Morgan fingerprint density at radius 3 is 2.67 bits per heavy atom. The standard InChI is InChI=1S/C33H34FN5O3/c1-20-25-7-3-2-6-22(25)12-14-38(20)33(42)29-17-30(23-8-9-23)39-31(35-29)18-28(36-39)26-11-10-24(16-27(26)34)37-13-4-5-21(19-37)15-32(40)41/h2-3,6-7,10-11,16-18,20-21,23H,4-5,8-9,12-15,19H2,1H3,(H,40,41)/t20-,21?/m1/s1. The maximum atomic E-state index is 15.6. The monoisotopic (exact) mass is 567 g/mol. The lowest BCUT2D eigenvalue weighted by Crippen LogP contribution is -2.39. The predicted octanol–water partition coefficient (Wildman–Crippen LogP) is 5.86. The number of piperidine rings is 1. The second-order valence-electron chi connectivity index (χ2n) is 12.0. The third kappa shape index (κ3) is 4.91. The van der Waals surface area contributed by atoms with E-state index in [0.717, 1.165) is 50.0 Å². The molecule has 1 saturated heterocycles. The molecule has 0 radical (unpaired) electrons. The topological polar surface area (TPSA) is 91.0 Å².